The minimum absolute atomic E-state index is 0.0940. The maximum absolute atomic E-state index is 14.8. The zero-order chi connectivity index (χ0) is 21.0. The molecule has 152 valence electrons. The van der Waals surface area contributed by atoms with Gasteiger partial charge in [-0.25, -0.2) is 9.18 Å². The van der Waals surface area contributed by atoms with Gasteiger partial charge in [-0.2, -0.15) is 5.10 Å². The summed E-state index contributed by atoms with van der Waals surface area (Å²) in [5.41, 5.74) is 2.89. The summed E-state index contributed by atoms with van der Waals surface area (Å²) < 4.78 is 25.9. The topological polar surface area (TPSA) is 64.2 Å². The van der Waals surface area contributed by atoms with Crippen LogP contribution in [0.1, 0.15) is 48.3 Å². The lowest BCUT2D eigenvalue weighted by atomic mass is 10.0. The Morgan fingerprint density at radius 2 is 1.93 bits per heavy atom. The zero-order valence-corrected chi connectivity index (χ0v) is 18.0. The van der Waals surface area contributed by atoms with Gasteiger partial charge in [0.25, 0.3) is 0 Å². The van der Waals surface area contributed by atoms with Gasteiger partial charge in [-0.15, -0.1) is 0 Å². The van der Waals surface area contributed by atoms with Crippen LogP contribution in [-0.2, 0) is 11.3 Å². The van der Waals surface area contributed by atoms with Gasteiger partial charge in [0.2, 0.25) is 0 Å². The first-order valence-electron chi connectivity index (χ1n) is 9.33. The summed E-state index contributed by atoms with van der Waals surface area (Å²) in [7, 11) is 0. The first kappa shape index (κ1) is 21.0. The standard InChI is InChI=1S/C22H22BrFN2O3/c1-4-28-22(27)20-19(21(23)26-25-20)17-10-9-16(11-18(17)24)29-12-14-5-7-15(8-6-14)13(2)3/h5-11,13H,4,12H2,1-3H3,(H,25,26). The number of nitrogens with one attached hydrogen (secondary N) is 1. The number of hydrogen-bond acceptors (Lipinski definition) is 4. The number of halogens is 2. The third kappa shape index (κ3) is 4.85. The van der Waals surface area contributed by atoms with E-state index in [-0.39, 0.29) is 17.9 Å². The fraction of sp³-hybridized carbons (Fsp3) is 0.273. The fourth-order valence-corrected chi connectivity index (χ4v) is 3.37. The molecular weight excluding hydrogens is 439 g/mol. The predicted molar refractivity (Wildman–Crippen MR) is 113 cm³/mol. The molecule has 1 heterocycles. The number of esters is 1. The molecule has 0 aliphatic carbocycles. The van der Waals surface area contributed by atoms with Crippen molar-refractivity contribution in [2.45, 2.75) is 33.3 Å². The van der Waals surface area contributed by atoms with Crippen molar-refractivity contribution in [3.8, 4) is 16.9 Å². The van der Waals surface area contributed by atoms with E-state index in [2.05, 4.69) is 52.1 Å². The minimum Gasteiger partial charge on any atom is -0.489 e. The second kappa shape index (κ2) is 9.22. The average Bonchev–Trinajstić information content (AvgIpc) is 3.08. The van der Waals surface area contributed by atoms with Gasteiger partial charge in [-0.3, -0.25) is 5.10 Å². The van der Waals surface area contributed by atoms with Crippen LogP contribution in [0, 0.1) is 5.82 Å². The monoisotopic (exact) mass is 460 g/mol. The van der Waals surface area contributed by atoms with Crippen LogP contribution in [0.4, 0.5) is 4.39 Å². The summed E-state index contributed by atoms with van der Waals surface area (Å²) >= 11 is 3.26. The van der Waals surface area contributed by atoms with Crippen molar-refractivity contribution < 1.29 is 18.7 Å². The van der Waals surface area contributed by atoms with Gasteiger partial charge in [0.1, 0.15) is 22.8 Å². The second-order valence-electron chi connectivity index (χ2n) is 6.81. The Kier molecular flexibility index (Phi) is 6.69. The molecule has 0 fully saturated rings. The van der Waals surface area contributed by atoms with Crippen LogP contribution < -0.4 is 4.74 Å². The van der Waals surface area contributed by atoms with Gasteiger partial charge < -0.3 is 9.47 Å². The summed E-state index contributed by atoms with van der Waals surface area (Å²) in [6.07, 6.45) is 0. The number of H-pyrrole nitrogens is 1. The SMILES string of the molecule is CCOC(=O)c1[nH]nc(Br)c1-c1ccc(OCc2ccc(C(C)C)cc2)cc1F. The molecule has 0 saturated heterocycles. The highest BCUT2D eigenvalue weighted by molar-refractivity contribution is 9.10. The Bertz CT molecular complexity index is 1000. The Labute approximate surface area is 177 Å². The van der Waals surface area contributed by atoms with E-state index in [1.165, 1.54) is 11.6 Å². The second-order valence-corrected chi connectivity index (χ2v) is 7.56. The Morgan fingerprint density at radius 3 is 2.55 bits per heavy atom. The lowest BCUT2D eigenvalue weighted by Crippen LogP contribution is -2.07. The lowest BCUT2D eigenvalue weighted by Gasteiger charge is -2.10. The molecule has 0 atom stereocenters. The number of carbonyl (C=O) groups is 1. The highest BCUT2D eigenvalue weighted by Gasteiger charge is 2.23. The van der Waals surface area contributed by atoms with Gasteiger partial charge in [0.15, 0.2) is 5.69 Å². The summed E-state index contributed by atoms with van der Waals surface area (Å²) in [5, 5.41) is 6.54. The molecule has 0 bridgehead atoms. The summed E-state index contributed by atoms with van der Waals surface area (Å²) in [5.74, 6) is -0.250. The fourth-order valence-electron chi connectivity index (χ4n) is 2.87. The molecule has 5 nitrogen and oxygen atoms in total. The van der Waals surface area contributed by atoms with Crippen molar-refractivity contribution >= 4 is 21.9 Å². The summed E-state index contributed by atoms with van der Waals surface area (Å²) in [4.78, 5) is 12.1. The van der Waals surface area contributed by atoms with E-state index in [0.717, 1.165) is 5.56 Å². The first-order valence-corrected chi connectivity index (χ1v) is 10.1. The van der Waals surface area contributed by atoms with Crippen LogP contribution in [0.2, 0.25) is 0 Å². The number of carbonyl (C=O) groups excluding carboxylic acids is 1. The number of benzene rings is 2. The number of rotatable bonds is 7. The first-order chi connectivity index (χ1) is 13.9. The van der Waals surface area contributed by atoms with Gasteiger partial charge in [0, 0.05) is 11.6 Å². The molecule has 0 aliphatic rings. The molecule has 0 aliphatic heterocycles. The average molecular weight is 461 g/mol. The number of nitrogens with zero attached hydrogens (tertiary/aromatic N) is 1. The normalized spacial score (nSPS) is 11.0. The molecule has 0 amide bonds. The van der Waals surface area contributed by atoms with E-state index in [4.69, 9.17) is 9.47 Å². The Morgan fingerprint density at radius 1 is 1.21 bits per heavy atom. The van der Waals surface area contributed by atoms with Crippen LogP contribution >= 0.6 is 15.9 Å². The highest BCUT2D eigenvalue weighted by Crippen LogP contribution is 2.34. The Hall–Kier alpha value is -2.67. The number of aromatic nitrogens is 2. The van der Waals surface area contributed by atoms with E-state index in [9.17, 15) is 9.18 Å². The van der Waals surface area contributed by atoms with Crippen molar-refractivity contribution in [1.29, 1.82) is 0 Å². The molecule has 3 rings (SSSR count). The van der Waals surface area contributed by atoms with Crippen molar-refractivity contribution in [1.82, 2.24) is 10.2 Å². The molecule has 1 N–H and O–H groups in total. The predicted octanol–water partition coefficient (Wildman–Crippen LogP) is 5.86. The van der Waals surface area contributed by atoms with Gasteiger partial charge in [-0.05, 0) is 52.0 Å². The molecule has 0 unspecified atom stereocenters. The van der Waals surface area contributed by atoms with Gasteiger partial charge >= 0.3 is 5.97 Å². The van der Waals surface area contributed by atoms with Crippen LogP contribution in [-0.4, -0.2) is 22.8 Å². The molecule has 0 saturated carbocycles. The molecule has 0 spiro atoms. The van der Waals surface area contributed by atoms with E-state index in [1.807, 2.05) is 12.1 Å². The van der Waals surface area contributed by atoms with Crippen LogP contribution in [0.25, 0.3) is 11.1 Å². The van der Waals surface area contributed by atoms with Crippen LogP contribution in [0.15, 0.2) is 47.1 Å². The van der Waals surface area contributed by atoms with Gasteiger partial charge in [0.05, 0.1) is 12.2 Å². The maximum atomic E-state index is 14.8. The van der Waals surface area contributed by atoms with Crippen LogP contribution in [0.3, 0.4) is 0 Å². The number of hydrogen-bond donors (Lipinski definition) is 1. The minimum atomic E-state index is -0.592. The van der Waals surface area contributed by atoms with E-state index in [0.29, 0.717) is 28.4 Å². The number of aromatic amines is 1. The molecular formula is C22H22BrFN2O3. The largest absolute Gasteiger partial charge is 0.489 e. The van der Waals surface area contributed by atoms with Crippen LogP contribution in [0.5, 0.6) is 5.75 Å². The third-order valence-electron chi connectivity index (χ3n) is 4.46. The molecule has 7 heteroatoms. The van der Waals surface area contributed by atoms with E-state index in [1.54, 1.807) is 19.1 Å². The zero-order valence-electron chi connectivity index (χ0n) is 16.5. The highest BCUT2D eigenvalue weighted by atomic mass is 79.9. The van der Waals surface area contributed by atoms with Crippen molar-refractivity contribution in [3.05, 3.63) is 69.7 Å². The molecule has 29 heavy (non-hydrogen) atoms. The quantitative estimate of drug-likeness (QED) is 0.448. The lowest BCUT2D eigenvalue weighted by molar-refractivity contribution is 0.0520. The molecule has 3 aromatic rings. The van der Waals surface area contributed by atoms with Crippen molar-refractivity contribution in [2.24, 2.45) is 0 Å². The summed E-state index contributed by atoms with van der Waals surface area (Å²) in [6.45, 7) is 6.53. The van der Waals surface area contributed by atoms with Crippen molar-refractivity contribution in [3.63, 3.8) is 0 Å². The third-order valence-corrected chi connectivity index (χ3v) is 5.04. The number of ether oxygens (including phenoxy) is 2. The van der Waals surface area contributed by atoms with Gasteiger partial charge in [-0.1, -0.05) is 38.1 Å². The summed E-state index contributed by atoms with van der Waals surface area (Å²) in [6, 6.07) is 12.7. The van der Waals surface area contributed by atoms with E-state index >= 15 is 0 Å². The Balaban J connectivity index is 1.77. The van der Waals surface area contributed by atoms with E-state index < -0.39 is 11.8 Å². The molecule has 1 aromatic heterocycles. The maximum Gasteiger partial charge on any atom is 0.357 e. The smallest absolute Gasteiger partial charge is 0.357 e. The molecule has 2 aromatic carbocycles. The van der Waals surface area contributed by atoms with Crippen molar-refractivity contribution in [2.75, 3.05) is 6.61 Å². The molecule has 0 radical (unpaired) electrons.